The molecule has 7 heteroatoms. The second kappa shape index (κ2) is 7.23. The van der Waals surface area contributed by atoms with Crippen LogP contribution in [0, 0.1) is 0 Å². The smallest absolute Gasteiger partial charge is 0.410 e. The number of rotatable bonds is 5. The summed E-state index contributed by atoms with van der Waals surface area (Å²) in [6.07, 6.45) is 0.731. The zero-order valence-electron chi connectivity index (χ0n) is 15.7. The molecule has 0 saturated heterocycles. The molecule has 1 fully saturated rings. The van der Waals surface area contributed by atoms with Crippen molar-refractivity contribution in [2.75, 3.05) is 10.0 Å². The monoisotopic (exact) mass is 388 g/mol. The van der Waals surface area contributed by atoms with Crippen LogP contribution < -0.4 is 14.8 Å². The van der Waals surface area contributed by atoms with E-state index in [9.17, 15) is 13.2 Å². The van der Waals surface area contributed by atoms with E-state index in [0.717, 1.165) is 5.56 Å². The van der Waals surface area contributed by atoms with Gasteiger partial charge < -0.3 is 4.74 Å². The fourth-order valence-corrected chi connectivity index (χ4v) is 3.93. The molecule has 1 amide bonds. The van der Waals surface area contributed by atoms with Gasteiger partial charge in [0.25, 0.3) is 0 Å². The lowest BCUT2D eigenvalue weighted by Gasteiger charge is -2.22. The normalized spacial score (nSPS) is 14.5. The molecule has 27 heavy (non-hydrogen) atoms. The zero-order valence-corrected chi connectivity index (χ0v) is 16.5. The minimum atomic E-state index is -3.39. The quantitative estimate of drug-likeness (QED) is 0.790. The summed E-state index contributed by atoms with van der Waals surface area (Å²) >= 11 is 0. The van der Waals surface area contributed by atoms with Gasteiger partial charge in [0.1, 0.15) is 5.75 Å². The summed E-state index contributed by atoms with van der Waals surface area (Å²) in [4.78, 5) is 12.2. The first kappa shape index (κ1) is 19.2. The number of carbonyl (C=O) groups excluding carboxylic acids is 1. The van der Waals surface area contributed by atoms with E-state index in [1.807, 2.05) is 32.9 Å². The first-order chi connectivity index (χ1) is 12.6. The average molecular weight is 388 g/mol. The molecule has 0 atom stereocenters. The van der Waals surface area contributed by atoms with Crippen LogP contribution >= 0.6 is 0 Å². The van der Waals surface area contributed by atoms with Crippen molar-refractivity contribution in [1.82, 2.24) is 0 Å². The van der Waals surface area contributed by atoms with Gasteiger partial charge in [-0.15, -0.1) is 0 Å². The van der Waals surface area contributed by atoms with E-state index in [0.29, 0.717) is 30.0 Å². The lowest BCUT2D eigenvalue weighted by atomic mass is 9.86. The summed E-state index contributed by atoms with van der Waals surface area (Å²) in [7, 11) is -3.39. The molecule has 0 aliphatic heterocycles. The second-order valence-corrected chi connectivity index (χ2v) is 9.68. The van der Waals surface area contributed by atoms with E-state index in [4.69, 9.17) is 4.74 Å². The lowest BCUT2D eigenvalue weighted by Crippen LogP contribution is -2.20. The Balaban J connectivity index is 1.82. The van der Waals surface area contributed by atoms with E-state index in [-0.39, 0.29) is 10.7 Å². The van der Waals surface area contributed by atoms with Crippen molar-refractivity contribution in [3.05, 3.63) is 54.1 Å². The number of hydrogen-bond acceptors (Lipinski definition) is 4. The van der Waals surface area contributed by atoms with Crippen molar-refractivity contribution < 1.29 is 17.9 Å². The molecule has 6 nitrogen and oxygen atoms in total. The van der Waals surface area contributed by atoms with Crippen molar-refractivity contribution in [2.24, 2.45) is 0 Å². The molecular formula is C20H24N2O4S. The van der Waals surface area contributed by atoms with Crippen LogP contribution in [0.1, 0.15) is 39.2 Å². The molecule has 144 valence electrons. The number of nitrogens with one attached hydrogen (secondary N) is 2. The molecule has 1 aliphatic rings. The van der Waals surface area contributed by atoms with Gasteiger partial charge in [0, 0.05) is 5.69 Å². The average Bonchev–Trinajstić information content (AvgIpc) is 3.39. The predicted molar refractivity (Wildman–Crippen MR) is 107 cm³/mol. The van der Waals surface area contributed by atoms with Crippen LogP contribution in [0.3, 0.4) is 0 Å². The fourth-order valence-electron chi connectivity index (χ4n) is 2.56. The highest BCUT2D eigenvalue weighted by Gasteiger charge is 2.35. The summed E-state index contributed by atoms with van der Waals surface area (Å²) in [6.45, 7) is 6.06. The Bertz CT molecular complexity index is 930. The summed E-state index contributed by atoms with van der Waals surface area (Å²) in [5.41, 5.74) is 1.58. The molecule has 0 aromatic heterocycles. The first-order valence-electron chi connectivity index (χ1n) is 8.84. The molecule has 1 aliphatic carbocycles. The van der Waals surface area contributed by atoms with Gasteiger partial charge in [-0.05, 0) is 54.2 Å². The predicted octanol–water partition coefficient (Wildman–Crippen LogP) is 4.50. The van der Waals surface area contributed by atoms with Gasteiger partial charge in [0.05, 0.1) is 10.9 Å². The van der Waals surface area contributed by atoms with Crippen molar-refractivity contribution in [3.8, 4) is 5.75 Å². The first-order valence-corrected chi connectivity index (χ1v) is 10.4. The van der Waals surface area contributed by atoms with E-state index < -0.39 is 16.1 Å². The zero-order chi connectivity index (χ0) is 19.7. The third-order valence-corrected chi connectivity index (χ3v) is 6.09. The van der Waals surface area contributed by atoms with Crippen LogP contribution in [-0.2, 0) is 15.4 Å². The number of para-hydroxylation sites is 1. The standard InChI is InChI=1S/C20H24N2O4S/c1-20(2,3)14-11-15(21-19(23)26-17-7-5-4-6-8-17)13-16(12-14)22-27(24,25)18-9-10-18/h4-8,11-13,18,22H,9-10H2,1-3H3,(H,21,23). The van der Waals surface area contributed by atoms with Gasteiger partial charge >= 0.3 is 6.09 Å². The fraction of sp³-hybridized carbons (Fsp3) is 0.350. The van der Waals surface area contributed by atoms with Crippen molar-refractivity contribution in [2.45, 2.75) is 44.3 Å². The van der Waals surface area contributed by atoms with E-state index >= 15 is 0 Å². The molecule has 3 rings (SSSR count). The van der Waals surface area contributed by atoms with E-state index in [1.54, 1.807) is 36.4 Å². The number of carbonyl (C=O) groups is 1. The Morgan fingerprint density at radius 3 is 2.26 bits per heavy atom. The number of amides is 1. The van der Waals surface area contributed by atoms with Crippen molar-refractivity contribution in [1.29, 1.82) is 0 Å². The van der Waals surface area contributed by atoms with Crippen LogP contribution in [0.15, 0.2) is 48.5 Å². The second-order valence-electron chi connectivity index (χ2n) is 7.72. The molecule has 0 radical (unpaired) electrons. The van der Waals surface area contributed by atoms with E-state index in [2.05, 4.69) is 10.0 Å². The number of hydrogen-bond donors (Lipinski definition) is 2. The van der Waals surface area contributed by atoms with Crippen molar-refractivity contribution >= 4 is 27.5 Å². The van der Waals surface area contributed by atoms with Crippen LogP contribution in [0.4, 0.5) is 16.2 Å². The SMILES string of the molecule is CC(C)(C)c1cc(NC(=O)Oc2ccccc2)cc(NS(=O)(=O)C2CC2)c1. The van der Waals surface area contributed by atoms with Gasteiger partial charge in [-0.2, -0.15) is 0 Å². The third-order valence-electron chi connectivity index (χ3n) is 4.22. The van der Waals surface area contributed by atoms with Gasteiger partial charge in [0.2, 0.25) is 10.0 Å². The Morgan fingerprint density at radius 2 is 1.67 bits per heavy atom. The van der Waals surface area contributed by atoms with Crippen LogP contribution in [0.2, 0.25) is 0 Å². The Morgan fingerprint density at radius 1 is 1.04 bits per heavy atom. The molecule has 1 saturated carbocycles. The number of anilines is 2. The van der Waals surface area contributed by atoms with Gasteiger partial charge in [-0.25, -0.2) is 13.2 Å². The van der Waals surface area contributed by atoms with Crippen LogP contribution in [-0.4, -0.2) is 19.8 Å². The topological polar surface area (TPSA) is 84.5 Å². The number of benzene rings is 2. The summed E-state index contributed by atoms with van der Waals surface area (Å²) in [5.74, 6) is 0.427. The molecular weight excluding hydrogens is 364 g/mol. The maximum absolute atomic E-state index is 12.3. The molecule has 2 aromatic carbocycles. The minimum Gasteiger partial charge on any atom is -0.410 e. The Kier molecular flexibility index (Phi) is 5.15. The maximum Gasteiger partial charge on any atom is 0.417 e. The highest BCUT2D eigenvalue weighted by molar-refractivity contribution is 7.93. The molecule has 0 unspecified atom stereocenters. The van der Waals surface area contributed by atoms with Gasteiger partial charge in [0.15, 0.2) is 0 Å². The van der Waals surface area contributed by atoms with Gasteiger partial charge in [-0.1, -0.05) is 39.0 Å². The minimum absolute atomic E-state index is 0.221. The molecule has 0 spiro atoms. The summed E-state index contributed by atoms with van der Waals surface area (Å²) < 4.78 is 32.4. The van der Waals surface area contributed by atoms with Crippen LogP contribution in [0.25, 0.3) is 0 Å². The highest BCUT2D eigenvalue weighted by atomic mass is 32.2. The molecule has 2 N–H and O–H groups in total. The summed E-state index contributed by atoms with van der Waals surface area (Å²) in [5, 5.41) is 2.35. The van der Waals surface area contributed by atoms with Crippen LogP contribution in [0.5, 0.6) is 5.75 Å². The number of sulfonamides is 1. The maximum atomic E-state index is 12.3. The molecule has 0 heterocycles. The Labute approximate surface area is 160 Å². The Hall–Kier alpha value is -2.54. The lowest BCUT2D eigenvalue weighted by molar-refractivity contribution is 0.215. The van der Waals surface area contributed by atoms with E-state index in [1.165, 1.54) is 0 Å². The highest BCUT2D eigenvalue weighted by Crippen LogP contribution is 2.33. The molecule has 0 bridgehead atoms. The van der Waals surface area contributed by atoms with Crippen molar-refractivity contribution in [3.63, 3.8) is 0 Å². The van der Waals surface area contributed by atoms with Gasteiger partial charge in [-0.3, -0.25) is 10.0 Å². The molecule has 2 aromatic rings. The summed E-state index contributed by atoms with van der Waals surface area (Å²) in [6, 6.07) is 14.0. The third kappa shape index (κ3) is 5.23. The largest absolute Gasteiger partial charge is 0.417 e. The number of ether oxygens (including phenoxy) is 1.